The topological polar surface area (TPSA) is 27.1 Å². The van der Waals surface area contributed by atoms with E-state index in [1.54, 1.807) is 11.8 Å². The first kappa shape index (κ1) is 8.36. The standard InChI is InChI=1S/C11H12N2S/c1-13-9-5-3-2-4-7(9)8-6-14-11(12)10(8)13/h2-5,8,10,12H,6H2,1H3. The Hall–Kier alpha value is -0.960. The minimum atomic E-state index is 0.317. The van der Waals surface area contributed by atoms with E-state index in [4.69, 9.17) is 5.41 Å². The second-order valence-corrected chi connectivity index (χ2v) is 4.96. The minimum absolute atomic E-state index is 0.317. The van der Waals surface area contributed by atoms with Crippen LogP contribution in [0.25, 0.3) is 0 Å². The lowest BCUT2D eigenvalue weighted by Crippen LogP contribution is -2.32. The Bertz CT molecular complexity index is 402. The molecule has 2 aliphatic heterocycles. The maximum Gasteiger partial charge on any atom is 0.0873 e. The molecular weight excluding hydrogens is 192 g/mol. The third kappa shape index (κ3) is 0.906. The Labute approximate surface area is 87.8 Å². The third-order valence-corrected chi connectivity index (χ3v) is 4.28. The summed E-state index contributed by atoms with van der Waals surface area (Å²) in [5.41, 5.74) is 2.74. The molecule has 3 rings (SSSR count). The van der Waals surface area contributed by atoms with Gasteiger partial charge in [-0.15, -0.1) is 11.8 Å². The van der Waals surface area contributed by atoms with Crippen molar-refractivity contribution in [2.45, 2.75) is 12.0 Å². The van der Waals surface area contributed by atoms with Gasteiger partial charge in [0.15, 0.2) is 0 Å². The van der Waals surface area contributed by atoms with Gasteiger partial charge in [0.2, 0.25) is 0 Å². The molecule has 2 heterocycles. The lowest BCUT2D eigenvalue weighted by Gasteiger charge is -2.20. The highest BCUT2D eigenvalue weighted by Gasteiger charge is 2.43. The number of nitrogens with one attached hydrogen (secondary N) is 1. The molecule has 0 aromatic heterocycles. The van der Waals surface area contributed by atoms with Gasteiger partial charge < -0.3 is 4.90 Å². The number of likely N-dealkylation sites (N-methyl/N-ethyl adjacent to an activating group) is 1. The van der Waals surface area contributed by atoms with Crippen LogP contribution in [-0.2, 0) is 0 Å². The molecule has 1 saturated heterocycles. The number of fused-ring (bicyclic) bond motifs is 3. The lowest BCUT2D eigenvalue weighted by atomic mass is 9.98. The van der Waals surface area contributed by atoms with Gasteiger partial charge in [0.1, 0.15) is 0 Å². The fraction of sp³-hybridized carbons (Fsp3) is 0.364. The highest BCUT2D eigenvalue weighted by atomic mass is 32.2. The molecular formula is C11H12N2S. The van der Waals surface area contributed by atoms with Gasteiger partial charge in [0, 0.05) is 24.4 Å². The van der Waals surface area contributed by atoms with Crippen LogP contribution >= 0.6 is 11.8 Å². The Balaban J connectivity index is 2.15. The summed E-state index contributed by atoms with van der Waals surface area (Å²) in [6.45, 7) is 0. The normalized spacial score (nSPS) is 29.2. The predicted octanol–water partition coefficient (Wildman–Crippen LogP) is 2.31. The van der Waals surface area contributed by atoms with Crippen LogP contribution in [0.4, 0.5) is 5.69 Å². The van der Waals surface area contributed by atoms with Crippen LogP contribution < -0.4 is 4.90 Å². The molecule has 0 saturated carbocycles. The van der Waals surface area contributed by atoms with E-state index in [2.05, 4.69) is 36.2 Å². The average molecular weight is 204 g/mol. The van der Waals surface area contributed by atoms with E-state index in [9.17, 15) is 0 Å². The van der Waals surface area contributed by atoms with Crippen LogP contribution in [0.5, 0.6) is 0 Å². The van der Waals surface area contributed by atoms with Gasteiger partial charge in [-0.3, -0.25) is 5.41 Å². The fourth-order valence-corrected chi connectivity index (χ4v) is 3.73. The summed E-state index contributed by atoms with van der Waals surface area (Å²) in [6, 6.07) is 8.85. The van der Waals surface area contributed by atoms with Crippen molar-refractivity contribution in [2.75, 3.05) is 17.7 Å². The van der Waals surface area contributed by atoms with E-state index in [1.165, 1.54) is 11.3 Å². The highest BCUT2D eigenvalue weighted by Crippen LogP contribution is 2.47. The quantitative estimate of drug-likeness (QED) is 0.702. The van der Waals surface area contributed by atoms with Crippen LogP contribution in [0, 0.1) is 5.41 Å². The monoisotopic (exact) mass is 204 g/mol. The van der Waals surface area contributed by atoms with E-state index in [-0.39, 0.29) is 0 Å². The molecule has 0 radical (unpaired) electrons. The van der Waals surface area contributed by atoms with Crippen molar-refractivity contribution in [1.29, 1.82) is 5.41 Å². The fourth-order valence-electron chi connectivity index (χ4n) is 2.52. The molecule has 14 heavy (non-hydrogen) atoms. The smallest absolute Gasteiger partial charge is 0.0873 e. The molecule has 2 atom stereocenters. The number of anilines is 1. The molecule has 1 aromatic carbocycles. The summed E-state index contributed by atoms with van der Waals surface area (Å²) in [6.07, 6.45) is 0. The first-order chi connectivity index (χ1) is 6.79. The molecule has 0 bridgehead atoms. The predicted molar refractivity (Wildman–Crippen MR) is 61.6 cm³/mol. The first-order valence-electron chi connectivity index (χ1n) is 4.82. The molecule has 0 amide bonds. The van der Waals surface area contributed by atoms with Crippen molar-refractivity contribution < 1.29 is 0 Å². The molecule has 1 aromatic rings. The van der Waals surface area contributed by atoms with Gasteiger partial charge in [-0.25, -0.2) is 0 Å². The van der Waals surface area contributed by atoms with Crippen LogP contribution in [-0.4, -0.2) is 23.9 Å². The zero-order valence-electron chi connectivity index (χ0n) is 8.03. The number of rotatable bonds is 0. The Morgan fingerprint density at radius 2 is 2.21 bits per heavy atom. The number of thioether (sulfide) groups is 1. The molecule has 1 N–H and O–H groups in total. The number of hydrogen-bond donors (Lipinski definition) is 1. The largest absolute Gasteiger partial charge is 0.365 e. The summed E-state index contributed by atoms with van der Waals surface area (Å²) in [5, 5.41) is 8.73. The highest BCUT2D eigenvalue weighted by molar-refractivity contribution is 8.14. The van der Waals surface area contributed by atoms with E-state index in [0.717, 1.165) is 10.8 Å². The van der Waals surface area contributed by atoms with Crippen molar-refractivity contribution in [2.24, 2.45) is 0 Å². The van der Waals surface area contributed by atoms with E-state index in [1.807, 2.05) is 0 Å². The Kier molecular flexibility index (Phi) is 1.65. The first-order valence-corrected chi connectivity index (χ1v) is 5.80. The van der Waals surface area contributed by atoms with Crippen LogP contribution in [0.2, 0.25) is 0 Å². The number of benzene rings is 1. The SMILES string of the molecule is CN1c2ccccc2C2CSC(=N)C21. The summed E-state index contributed by atoms with van der Waals surface area (Å²) >= 11 is 1.70. The summed E-state index contributed by atoms with van der Waals surface area (Å²) in [5.74, 6) is 1.62. The second kappa shape index (κ2) is 2.76. The van der Waals surface area contributed by atoms with Gasteiger partial charge in [-0.05, 0) is 11.6 Å². The van der Waals surface area contributed by atoms with Gasteiger partial charge in [-0.2, -0.15) is 0 Å². The minimum Gasteiger partial charge on any atom is -0.365 e. The maximum atomic E-state index is 7.90. The van der Waals surface area contributed by atoms with Crippen molar-refractivity contribution in [3.8, 4) is 0 Å². The molecule has 1 fully saturated rings. The summed E-state index contributed by atoms with van der Waals surface area (Å²) in [4.78, 5) is 2.25. The van der Waals surface area contributed by atoms with Crippen molar-refractivity contribution >= 4 is 22.5 Å². The molecule has 0 spiro atoms. The van der Waals surface area contributed by atoms with Gasteiger partial charge in [0.25, 0.3) is 0 Å². The van der Waals surface area contributed by atoms with Crippen molar-refractivity contribution in [1.82, 2.24) is 0 Å². The zero-order valence-corrected chi connectivity index (χ0v) is 8.84. The summed E-state index contributed by atoms with van der Waals surface area (Å²) < 4.78 is 0. The van der Waals surface area contributed by atoms with Gasteiger partial charge in [-0.1, -0.05) is 18.2 Å². The van der Waals surface area contributed by atoms with E-state index < -0.39 is 0 Å². The van der Waals surface area contributed by atoms with Crippen molar-refractivity contribution in [3.05, 3.63) is 29.8 Å². The van der Waals surface area contributed by atoms with Crippen LogP contribution in [0.3, 0.4) is 0 Å². The molecule has 0 aliphatic carbocycles. The molecule has 2 unspecified atom stereocenters. The average Bonchev–Trinajstić information content (AvgIpc) is 2.70. The maximum absolute atomic E-state index is 7.90. The van der Waals surface area contributed by atoms with Gasteiger partial charge >= 0.3 is 0 Å². The molecule has 3 heteroatoms. The van der Waals surface area contributed by atoms with Crippen LogP contribution in [0.1, 0.15) is 11.5 Å². The van der Waals surface area contributed by atoms with E-state index >= 15 is 0 Å². The molecule has 2 nitrogen and oxygen atoms in total. The molecule has 72 valence electrons. The third-order valence-electron chi connectivity index (χ3n) is 3.20. The summed E-state index contributed by atoms with van der Waals surface area (Å²) in [7, 11) is 2.10. The van der Waals surface area contributed by atoms with E-state index in [0.29, 0.717) is 12.0 Å². The Morgan fingerprint density at radius 3 is 3.07 bits per heavy atom. The Morgan fingerprint density at radius 1 is 1.43 bits per heavy atom. The number of nitrogens with zero attached hydrogens (tertiary/aromatic N) is 1. The number of para-hydroxylation sites is 1. The van der Waals surface area contributed by atoms with Crippen molar-refractivity contribution in [3.63, 3.8) is 0 Å². The zero-order chi connectivity index (χ0) is 9.71. The lowest BCUT2D eigenvalue weighted by molar-refractivity contribution is 0.736. The van der Waals surface area contributed by atoms with Crippen LogP contribution in [0.15, 0.2) is 24.3 Å². The molecule has 2 aliphatic rings. The second-order valence-electron chi connectivity index (χ2n) is 3.90. The van der Waals surface area contributed by atoms with Gasteiger partial charge in [0.05, 0.1) is 11.1 Å². The number of hydrogen-bond acceptors (Lipinski definition) is 3.